The minimum absolute atomic E-state index is 0.0413. The second-order valence-corrected chi connectivity index (χ2v) is 3.37. The molecule has 1 N–H and O–H groups in total. The van der Waals surface area contributed by atoms with E-state index in [0.29, 0.717) is 0 Å². The van der Waals surface area contributed by atoms with Gasteiger partial charge < -0.3 is 5.32 Å². The van der Waals surface area contributed by atoms with Crippen LogP contribution in [0.1, 0.15) is 30.1 Å². The van der Waals surface area contributed by atoms with Gasteiger partial charge in [-0.1, -0.05) is 43.7 Å². The summed E-state index contributed by atoms with van der Waals surface area (Å²) in [6, 6.07) is 9.27. The summed E-state index contributed by atoms with van der Waals surface area (Å²) in [5, 5.41) is 3.09. The molecule has 1 aromatic carbocycles. The smallest absolute Gasteiger partial charge is 0.187 e. The lowest BCUT2D eigenvalue weighted by Crippen LogP contribution is -2.07. The molecule has 0 spiro atoms. The molecule has 0 unspecified atom stereocenters. The number of rotatable bonds is 6. The van der Waals surface area contributed by atoms with Crippen LogP contribution >= 0.6 is 0 Å². The highest BCUT2D eigenvalue weighted by atomic mass is 16.1. The summed E-state index contributed by atoms with van der Waals surface area (Å²) in [5.41, 5.74) is 0.728. The van der Waals surface area contributed by atoms with Gasteiger partial charge in [0.15, 0.2) is 5.78 Å². The maximum Gasteiger partial charge on any atom is 0.187 e. The van der Waals surface area contributed by atoms with Crippen LogP contribution in [0.15, 0.2) is 42.6 Å². The number of carbonyl (C=O) groups is 1. The number of nitrogens with one attached hydrogen (secondary N) is 1. The fourth-order valence-corrected chi connectivity index (χ4v) is 1.20. The van der Waals surface area contributed by atoms with Crippen LogP contribution in [0, 0.1) is 0 Å². The number of hydrogen-bond acceptors (Lipinski definition) is 2. The molecule has 0 bridgehead atoms. The zero-order valence-corrected chi connectivity index (χ0v) is 9.07. The molecule has 0 heterocycles. The first-order valence-electron chi connectivity index (χ1n) is 5.34. The summed E-state index contributed by atoms with van der Waals surface area (Å²) >= 11 is 0. The predicted octanol–water partition coefficient (Wildman–Crippen LogP) is 2.77. The Morgan fingerprint density at radius 3 is 2.73 bits per heavy atom. The van der Waals surface area contributed by atoms with E-state index in [-0.39, 0.29) is 5.78 Å². The molecule has 0 saturated carbocycles. The average molecular weight is 203 g/mol. The maximum absolute atomic E-state index is 11.6. The molecule has 0 aromatic heterocycles. The third kappa shape index (κ3) is 4.45. The van der Waals surface area contributed by atoms with Gasteiger partial charge in [-0.2, -0.15) is 0 Å². The molecule has 1 rings (SSSR count). The first kappa shape index (κ1) is 11.5. The maximum atomic E-state index is 11.6. The van der Waals surface area contributed by atoms with Crippen LogP contribution in [-0.2, 0) is 0 Å². The number of benzene rings is 1. The van der Waals surface area contributed by atoms with Gasteiger partial charge in [0.2, 0.25) is 0 Å². The fourth-order valence-electron chi connectivity index (χ4n) is 1.20. The molecule has 15 heavy (non-hydrogen) atoms. The van der Waals surface area contributed by atoms with Crippen molar-refractivity contribution in [2.24, 2.45) is 0 Å². The number of ketones is 1. The Kier molecular flexibility index (Phi) is 5.23. The van der Waals surface area contributed by atoms with Crippen molar-refractivity contribution >= 4 is 5.78 Å². The monoisotopic (exact) mass is 203 g/mol. The van der Waals surface area contributed by atoms with Crippen molar-refractivity contribution in [3.05, 3.63) is 48.2 Å². The normalized spacial score (nSPS) is 10.5. The highest BCUT2D eigenvalue weighted by molar-refractivity contribution is 6.04. The summed E-state index contributed by atoms with van der Waals surface area (Å²) in [4.78, 5) is 11.6. The summed E-state index contributed by atoms with van der Waals surface area (Å²) in [6.07, 6.45) is 5.59. The Morgan fingerprint density at radius 2 is 2.07 bits per heavy atom. The lowest BCUT2D eigenvalue weighted by atomic mass is 10.1. The molecule has 0 radical (unpaired) electrons. The fraction of sp³-hybridized carbons (Fsp3) is 0.308. The molecule has 2 heteroatoms. The molecule has 2 nitrogen and oxygen atoms in total. The van der Waals surface area contributed by atoms with E-state index in [9.17, 15) is 4.79 Å². The van der Waals surface area contributed by atoms with Gasteiger partial charge >= 0.3 is 0 Å². The molecule has 0 fully saturated rings. The van der Waals surface area contributed by atoms with Crippen molar-refractivity contribution in [2.75, 3.05) is 6.54 Å². The third-order valence-corrected chi connectivity index (χ3v) is 2.09. The number of hydrogen-bond donors (Lipinski definition) is 1. The first-order valence-corrected chi connectivity index (χ1v) is 5.34. The van der Waals surface area contributed by atoms with Crippen molar-refractivity contribution in [3.8, 4) is 0 Å². The standard InChI is InChI=1S/C13H17NO/c1-2-3-10-14-11-9-13(15)12-7-5-4-6-8-12/h4-9,11,14H,2-3,10H2,1H3/b11-9+. The van der Waals surface area contributed by atoms with Crippen LogP contribution in [0.2, 0.25) is 0 Å². The summed E-state index contributed by atoms with van der Waals surface area (Å²) in [6.45, 7) is 3.07. The Hall–Kier alpha value is -1.57. The van der Waals surface area contributed by atoms with Gasteiger partial charge in [-0.25, -0.2) is 0 Å². The van der Waals surface area contributed by atoms with E-state index in [1.54, 1.807) is 12.3 Å². The van der Waals surface area contributed by atoms with E-state index in [1.165, 1.54) is 0 Å². The van der Waals surface area contributed by atoms with Gasteiger partial charge in [0.25, 0.3) is 0 Å². The quantitative estimate of drug-likeness (QED) is 0.437. The predicted molar refractivity (Wildman–Crippen MR) is 62.8 cm³/mol. The van der Waals surface area contributed by atoms with Crippen molar-refractivity contribution in [2.45, 2.75) is 19.8 Å². The van der Waals surface area contributed by atoms with Crippen LogP contribution < -0.4 is 5.32 Å². The summed E-state index contributed by atoms with van der Waals surface area (Å²) < 4.78 is 0. The second-order valence-electron chi connectivity index (χ2n) is 3.37. The average Bonchev–Trinajstić information content (AvgIpc) is 2.30. The SMILES string of the molecule is CCCCN/C=C/C(=O)c1ccccc1. The topological polar surface area (TPSA) is 29.1 Å². The molecule has 0 aliphatic heterocycles. The van der Waals surface area contributed by atoms with Crippen molar-refractivity contribution in [1.29, 1.82) is 0 Å². The van der Waals surface area contributed by atoms with Gasteiger partial charge in [-0.15, -0.1) is 0 Å². The molecule has 0 aliphatic carbocycles. The second kappa shape index (κ2) is 6.82. The molecule has 0 atom stereocenters. The molecule has 0 amide bonds. The summed E-state index contributed by atoms with van der Waals surface area (Å²) in [7, 11) is 0. The van der Waals surface area contributed by atoms with Gasteiger partial charge in [0.05, 0.1) is 0 Å². The van der Waals surface area contributed by atoms with Gasteiger partial charge in [0.1, 0.15) is 0 Å². The number of unbranched alkanes of at least 4 members (excludes halogenated alkanes) is 1. The molecule has 0 saturated heterocycles. The van der Waals surface area contributed by atoms with Crippen LogP contribution in [0.5, 0.6) is 0 Å². The molecule has 1 aromatic rings. The van der Waals surface area contributed by atoms with Crippen LogP contribution in [-0.4, -0.2) is 12.3 Å². The van der Waals surface area contributed by atoms with Crippen LogP contribution in [0.4, 0.5) is 0 Å². The van der Waals surface area contributed by atoms with Crippen molar-refractivity contribution in [3.63, 3.8) is 0 Å². The molecular formula is C13H17NO. The van der Waals surface area contributed by atoms with E-state index in [1.807, 2.05) is 30.3 Å². The van der Waals surface area contributed by atoms with Gasteiger partial charge in [-0.05, 0) is 6.42 Å². The largest absolute Gasteiger partial charge is 0.391 e. The van der Waals surface area contributed by atoms with E-state index in [0.717, 1.165) is 24.9 Å². The number of carbonyl (C=O) groups excluding carboxylic acids is 1. The van der Waals surface area contributed by atoms with Gasteiger partial charge in [0, 0.05) is 24.4 Å². The minimum atomic E-state index is 0.0413. The van der Waals surface area contributed by atoms with E-state index in [2.05, 4.69) is 12.2 Å². The van der Waals surface area contributed by atoms with Crippen LogP contribution in [0.3, 0.4) is 0 Å². The Labute approximate surface area is 91.0 Å². The zero-order chi connectivity index (χ0) is 10.9. The first-order chi connectivity index (χ1) is 7.34. The molecule has 80 valence electrons. The Balaban J connectivity index is 2.36. The molecule has 0 aliphatic rings. The summed E-state index contributed by atoms with van der Waals surface area (Å²) in [5.74, 6) is 0.0413. The van der Waals surface area contributed by atoms with Crippen LogP contribution in [0.25, 0.3) is 0 Å². The van der Waals surface area contributed by atoms with Crippen molar-refractivity contribution in [1.82, 2.24) is 5.32 Å². The Bertz CT molecular complexity index is 317. The lowest BCUT2D eigenvalue weighted by Gasteiger charge is -1.97. The molecular weight excluding hydrogens is 186 g/mol. The van der Waals surface area contributed by atoms with Crippen molar-refractivity contribution < 1.29 is 4.79 Å². The van der Waals surface area contributed by atoms with E-state index in [4.69, 9.17) is 0 Å². The minimum Gasteiger partial charge on any atom is -0.391 e. The van der Waals surface area contributed by atoms with E-state index < -0.39 is 0 Å². The lowest BCUT2D eigenvalue weighted by molar-refractivity contribution is 0.104. The highest BCUT2D eigenvalue weighted by Crippen LogP contribution is 2.00. The zero-order valence-electron chi connectivity index (χ0n) is 9.07. The number of allylic oxidation sites excluding steroid dienone is 1. The Morgan fingerprint density at radius 1 is 1.33 bits per heavy atom. The third-order valence-electron chi connectivity index (χ3n) is 2.09. The highest BCUT2D eigenvalue weighted by Gasteiger charge is 1.97. The van der Waals surface area contributed by atoms with E-state index >= 15 is 0 Å². The van der Waals surface area contributed by atoms with Gasteiger partial charge in [-0.3, -0.25) is 4.79 Å².